The molecule has 3 aliphatic carbocycles. The van der Waals surface area contributed by atoms with E-state index in [-0.39, 0.29) is 17.1 Å². The molecule has 0 unspecified atom stereocenters. The molecule has 2 heterocycles. The molecule has 29 heavy (non-hydrogen) atoms. The minimum atomic E-state index is -3.16. The maximum absolute atomic E-state index is 13.7. The molecule has 0 spiro atoms. The number of amides is 1. The molecule has 2 aromatic rings. The van der Waals surface area contributed by atoms with E-state index < -0.39 is 11.7 Å². The average Bonchev–Trinajstić information content (AvgIpc) is 2.52. The van der Waals surface area contributed by atoms with Gasteiger partial charge in [-0.3, -0.25) is 4.79 Å². The largest absolute Gasteiger partial charge is 0.489 e. The van der Waals surface area contributed by atoms with Gasteiger partial charge >= 0.3 is 5.92 Å². The summed E-state index contributed by atoms with van der Waals surface area (Å²) < 4.78 is 33.4. The molecule has 9 heteroatoms. The number of carbonyl (C=O) groups excluding carboxylic acids is 1. The van der Waals surface area contributed by atoms with Gasteiger partial charge in [-0.05, 0) is 32.1 Å². The third kappa shape index (κ3) is 4.13. The normalized spacial score (nSPS) is 22.3. The van der Waals surface area contributed by atoms with Gasteiger partial charge in [-0.2, -0.15) is 8.78 Å². The second kappa shape index (κ2) is 6.89. The summed E-state index contributed by atoms with van der Waals surface area (Å²) >= 11 is 0. The Morgan fingerprint density at radius 3 is 2.59 bits per heavy atom. The number of aryl methyl sites for hydroxylation is 1. The van der Waals surface area contributed by atoms with Crippen LogP contribution in [0.2, 0.25) is 0 Å². The maximum atomic E-state index is 13.7. The second-order valence-corrected chi connectivity index (χ2v) is 8.25. The molecule has 2 N–H and O–H groups in total. The first-order valence-corrected chi connectivity index (χ1v) is 9.53. The van der Waals surface area contributed by atoms with Gasteiger partial charge in [-0.1, -0.05) is 0 Å². The van der Waals surface area contributed by atoms with E-state index in [1.165, 1.54) is 32.4 Å². The van der Waals surface area contributed by atoms with E-state index in [2.05, 4.69) is 25.6 Å². The summed E-state index contributed by atoms with van der Waals surface area (Å²) in [5, 5.41) is 5.63. The lowest BCUT2D eigenvalue weighted by Crippen LogP contribution is -2.55. The van der Waals surface area contributed by atoms with Crippen molar-refractivity contribution in [1.29, 1.82) is 0 Å². The summed E-state index contributed by atoms with van der Waals surface area (Å²) in [5.41, 5.74) is 1.16. The molecule has 0 radical (unpaired) electrons. The number of carbonyl (C=O) groups is 1. The summed E-state index contributed by atoms with van der Waals surface area (Å²) in [6.45, 7) is 4.34. The Labute approximate surface area is 167 Å². The Kier molecular flexibility index (Phi) is 4.63. The highest BCUT2D eigenvalue weighted by Crippen LogP contribution is 2.64. The Morgan fingerprint density at radius 1 is 1.28 bits per heavy atom. The van der Waals surface area contributed by atoms with Crippen molar-refractivity contribution in [3.63, 3.8) is 0 Å². The topological polar surface area (TPSA) is 89.0 Å². The minimum absolute atomic E-state index is 0.212. The zero-order valence-corrected chi connectivity index (χ0v) is 16.6. The molecule has 3 aliphatic rings. The number of hydrogen-bond donors (Lipinski definition) is 2. The zero-order valence-electron chi connectivity index (χ0n) is 16.6. The first-order valence-electron chi connectivity index (χ1n) is 9.53. The summed E-state index contributed by atoms with van der Waals surface area (Å²) in [7, 11) is 0. The lowest BCUT2D eigenvalue weighted by atomic mass is 9.45. The number of nitrogens with zero attached hydrogens (tertiary/aromatic N) is 3. The van der Waals surface area contributed by atoms with Crippen LogP contribution < -0.4 is 15.4 Å². The lowest BCUT2D eigenvalue weighted by molar-refractivity contribution is -0.131. The van der Waals surface area contributed by atoms with Crippen LogP contribution in [0.4, 0.5) is 26.1 Å². The Hall–Kier alpha value is -2.84. The van der Waals surface area contributed by atoms with Gasteiger partial charge in [-0.15, -0.1) is 0 Å². The number of rotatable bonds is 7. The van der Waals surface area contributed by atoms with Crippen molar-refractivity contribution in [2.24, 2.45) is 11.3 Å². The van der Waals surface area contributed by atoms with Crippen LogP contribution in [0.1, 0.15) is 44.6 Å². The molecular weight excluding hydrogens is 380 g/mol. The van der Waals surface area contributed by atoms with Gasteiger partial charge in [0, 0.05) is 37.1 Å². The monoisotopic (exact) mass is 403 g/mol. The summed E-state index contributed by atoms with van der Waals surface area (Å²) in [6, 6.07) is 3.17. The summed E-state index contributed by atoms with van der Waals surface area (Å²) in [6.07, 6.45) is 5.08. The summed E-state index contributed by atoms with van der Waals surface area (Å²) in [5.74, 6) is -2.14. The SMILES string of the molecule is CC(=O)Nc1cc(Nc2cc(C)nc(C(C)(F)F)n2)c(OCC23CC(C2)C3)cn1. The smallest absolute Gasteiger partial charge is 0.303 e. The highest BCUT2D eigenvalue weighted by molar-refractivity contribution is 5.88. The number of alkyl halides is 2. The molecule has 5 rings (SSSR count). The van der Waals surface area contributed by atoms with Crippen molar-refractivity contribution < 1.29 is 18.3 Å². The van der Waals surface area contributed by atoms with E-state index >= 15 is 0 Å². The van der Waals surface area contributed by atoms with Crippen molar-refractivity contribution >= 4 is 23.2 Å². The van der Waals surface area contributed by atoms with Gasteiger partial charge in [0.05, 0.1) is 18.5 Å². The fourth-order valence-corrected chi connectivity index (χ4v) is 3.94. The first-order chi connectivity index (χ1) is 13.6. The molecule has 0 saturated heterocycles. The standard InChI is InChI=1S/C20H23F2N5O2/c1-11-4-17(27-18(24-11)19(3,21)22)26-14-5-16(25-12(2)28)23-9-15(14)29-10-20-6-13(7-20)8-20/h4-5,9,13H,6-8,10H2,1-3H3,(H2,23,24,25,26,27,28). The lowest BCUT2D eigenvalue weighted by Gasteiger charge is -2.61. The molecule has 0 aromatic carbocycles. The molecule has 1 amide bonds. The number of aromatic nitrogens is 3. The number of halogens is 2. The fraction of sp³-hybridized carbons (Fsp3) is 0.500. The minimum Gasteiger partial charge on any atom is -0.489 e. The van der Waals surface area contributed by atoms with Crippen molar-refractivity contribution in [3.05, 3.63) is 29.8 Å². The first kappa shape index (κ1) is 19.5. The van der Waals surface area contributed by atoms with E-state index in [0.29, 0.717) is 29.6 Å². The molecule has 7 nitrogen and oxygen atoms in total. The van der Waals surface area contributed by atoms with Crippen LogP contribution in [0.25, 0.3) is 0 Å². The second-order valence-electron chi connectivity index (χ2n) is 8.25. The van der Waals surface area contributed by atoms with Crippen LogP contribution in [0, 0.1) is 18.3 Å². The quantitative estimate of drug-likeness (QED) is 0.721. The molecule has 0 aliphatic heterocycles. The van der Waals surface area contributed by atoms with E-state index in [9.17, 15) is 13.6 Å². The molecule has 154 valence electrons. The van der Waals surface area contributed by atoms with Gasteiger partial charge < -0.3 is 15.4 Å². The van der Waals surface area contributed by atoms with Crippen molar-refractivity contribution in [2.75, 3.05) is 17.2 Å². The van der Waals surface area contributed by atoms with E-state index in [0.717, 1.165) is 12.8 Å². The number of nitrogens with one attached hydrogen (secondary N) is 2. The molecule has 3 fully saturated rings. The molecule has 0 atom stereocenters. The van der Waals surface area contributed by atoms with Gasteiger partial charge in [0.15, 0.2) is 5.75 Å². The Morgan fingerprint density at radius 2 is 2.00 bits per heavy atom. The summed E-state index contributed by atoms with van der Waals surface area (Å²) in [4.78, 5) is 23.3. The van der Waals surface area contributed by atoms with Crippen molar-refractivity contribution in [3.8, 4) is 5.75 Å². The van der Waals surface area contributed by atoms with Crippen LogP contribution >= 0.6 is 0 Å². The number of anilines is 3. The molecule has 2 bridgehead atoms. The predicted octanol–water partition coefficient (Wildman–Crippen LogP) is 4.17. The van der Waals surface area contributed by atoms with Gasteiger partial charge in [-0.25, -0.2) is 15.0 Å². The zero-order chi connectivity index (χ0) is 20.8. The third-order valence-electron chi connectivity index (χ3n) is 5.38. The number of hydrogen-bond acceptors (Lipinski definition) is 6. The molecule has 2 aromatic heterocycles. The third-order valence-corrected chi connectivity index (χ3v) is 5.38. The van der Waals surface area contributed by atoms with Crippen molar-refractivity contribution in [1.82, 2.24) is 15.0 Å². The predicted molar refractivity (Wildman–Crippen MR) is 103 cm³/mol. The van der Waals surface area contributed by atoms with Gasteiger partial charge in [0.1, 0.15) is 11.6 Å². The molecular formula is C20H23F2N5O2. The van der Waals surface area contributed by atoms with Gasteiger partial charge in [0.25, 0.3) is 0 Å². The highest BCUT2D eigenvalue weighted by atomic mass is 19.3. The van der Waals surface area contributed by atoms with Crippen LogP contribution in [0.3, 0.4) is 0 Å². The fourth-order valence-electron chi connectivity index (χ4n) is 3.94. The number of pyridine rings is 1. The maximum Gasteiger partial charge on any atom is 0.303 e. The molecule has 3 saturated carbocycles. The number of ether oxygens (including phenoxy) is 1. The van der Waals surface area contributed by atoms with E-state index in [1.807, 2.05) is 0 Å². The highest BCUT2D eigenvalue weighted by Gasteiger charge is 2.57. The Balaban J connectivity index is 1.60. The average molecular weight is 403 g/mol. The van der Waals surface area contributed by atoms with Crippen LogP contribution in [0.15, 0.2) is 18.3 Å². The van der Waals surface area contributed by atoms with Crippen LogP contribution in [0.5, 0.6) is 5.75 Å². The van der Waals surface area contributed by atoms with E-state index in [1.54, 1.807) is 19.1 Å². The van der Waals surface area contributed by atoms with Crippen LogP contribution in [-0.2, 0) is 10.7 Å². The van der Waals surface area contributed by atoms with Gasteiger partial charge in [0.2, 0.25) is 11.7 Å². The Bertz CT molecular complexity index is 943. The van der Waals surface area contributed by atoms with Crippen LogP contribution in [-0.4, -0.2) is 27.5 Å². The van der Waals surface area contributed by atoms with Crippen molar-refractivity contribution in [2.45, 2.75) is 46.0 Å². The van der Waals surface area contributed by atoms with E-state index in [4.69, 9.17) is 4.74 Å².